The van der Waals surface area contributed by atoms with E-state index in [0.29, 0.717) is 35.7 Å². The molecule has 0 saturated carbocycles. The molecule has 158 valence electrons. The molecule has 0 radical (unpaired) electrons. The van der Waals surface area contributed by atoms with E-state index in [4.69, 9.17) is 9.47 Å². The molecule has 1 saturated heterocycles. The second kappa shape index (κ2) is 8.11. The minimum Gasteiger partial charge on any atom is -0.497 e. The standard InChI is InChI=1S/C19H24N2O6S2/c1-14-12-15(21-10-4-5-11-28(21,22)23)6-9-19(14)29(24,25)20-17-8-7-16(26-2)13-18(17)27-3/h6-9,12-13,20H,4-5,10-11H2,1-3H3. The number of nitrogens with one attached hydrogen (secondary N) is 1. The van der Waals surface area contributed by atoms with E-state index in [1.54, 1.807) is 31.2 Å². The summed E-state index contributed by atoms with van der Waals surface area (Å²) in [5.74, 6) is 0.958. The number of rotatable bonds is 6. The van der Waals surface area contributed by atoms with E-state index >= 15 is 0 Å². The maximum absolute atomic E-state index is 12.9. The van der Waals surface area contributed by atoms with Gasteiger partial charge in [-0.1, -0.05) is 0 Å². The predicted octanol–water partition coefficient (Wildman–Crippen LogP) is 2.74. The lowest BCUT2D eigenvalue weighted by molar-refractivity contribution is 0.395. The summed E-state index contributed by atoms with van der Waals surface area (Å²) in [5, 5.41) is 0. The molecule has 29 heavy (non-hydrogen) atoms. The van der Waals surface area contributed by atoms with Crippen molar-refractivity contribution in [3.05, 3.63) is 42.0 Å². The maximum Gasteiger partial charge on any atom is 0.262 e. The largest absolute Gasteiger partial charge is 0.497 e. The van der Waals surface area contributed by atoms with E-state index in [1.807, 2.05) is 0 Å². The van der Waals surface area contributed by atoms with E-state index < -0.39 is 20.0 Å². The van der Waals surface area contributed by atoms with Crippen LogP contribution in [0, 0.1) is 6.92 Å². The normalized spacial score (nSPS) is 16.3. The summed E-state index contributed by atoms with van der Waals surface area (Å²) < 4.78 is 64.7. The van der Waals surface area contributed by atoms with Crippen LogP contribution in [-0.4, -0.2) is 43.4 Å². The van der Waals surface area contributed by atoms with Crippen LogP contribution < -0.4 is 18.5 Å². The van der Waals surface area contributed by atoms with Gasteiger partial charge in [0.1, 0.15) is 11.5 Å². The van der Waals surface area contributed by atoms with Crippen molar-refractivity contribution in [2.75, 3.05) is 35.5 Å². The van der Waals surface area contributed by atoms with Gasteiger partial charge in [-0.05, 0) is 55.7 Å². The van der Waals surface area contributed by atoms with E-state index in [2.05, 4.69) is 4.72 Å². The lowest BCUT2D eigenvalue weighted by Gasteiger charge is -2.28. The first-order chi connectivity index (χ1) is 13.7. The Bertz CT molecular complexity index is 1110. The molecule has 0 amide bonds. The van der Waals surface area contributed by atoms with Gasteiger partial charge >= 0.3 is 0 Å². The number of hydrogen-bond acceptors (Lipinski definition) is 6. The average Bonchev–Trinajstić information content (AvgIpc) is 2.67. The Morgan fingerprint density at radius 1 is 1.03 bits per heavy atom. The number of sulfonamides is 2. The fourth-order valence-corrected chi connectivity index (χ4v) is 6.18. The summed E-state index contributed by atoms with van der Waals surface area (Å²) >= 11 is 0. The summed E-state index contributed by atoms with van der Waals surface area (Å²) in [5.41, 5.74) is 1.20. The number of methoxy groups -OCH3 is 2. The Morgan fingerprint density at radius 3 is 2.41 bits per heavy atom. The third kappa shape index (κ3) is 4.43. The molecule has 1 aliphatic heterocycles. The lowest BCUT2D eigenvalue weighted by atomic mass is 10.2. The average molecular weight is 441 g/mol. The molecular formula is C19H24N2O6S2. The lowest BCUT2D eigenvalue weighted by Crippen LogP contribution is -2.37. The van der Waals surface area contributed by atoms with E-state index in [0.717, 1.165) is 6.42 Å². The molecule has 0 aliphatic carbocycles. The fraction of sp³-hybridized carbons (Fsp3) is 0.368. The molecule has 2 aromatic carbocycles. The van der Waals surface area contributed by atoms with Gasteiger partial charge in [-0.3, -0.25) is 9.03 Å². The highest BCUT2D eigenvalue weighted by Gasteiger charge is 2.27. The van der Waals surface area contributed by atoms with Crippen LogP contribution in [0.4, 0.5) is 11.4 Å². The van der Waals surface area contributed by atoms with E-state index in [1.165, 1.54) is 30.7 Å². The monoisotopic (exact) mass is 440 g/mol. The molecule has 2 aromatic rings. The van der Waals surface area contributed by atoms with Crippen molar-refractivity contribution in [2.45, 2.75) is 24.7 Å². The van der Waals surface area contributed by atoms with Gasteiger partial charge in [0.2, 0.25) is 10.0 Å². The predicted molar refractivity (Wildman–Crippen MR) is 112 cm³/mol. The van der Waals surface area contributed by atoms with Gasteiger partial charge in [0.05, 0.1) is 36.2 Å². The molecule has 1 N–H and O–H groups in total. The van der Waals surface area contributed by atoms with Gasteiger partial charge < -0.3 is 9.47 Å². The molecule has 10 heteroatoms. The highest BCUT2D eigenvalue weighted by atomic mass is 32.2. The zero-order chi connectivity index (χ0) is 21.2. The third-order valence-corrected chi connectivity index (χ3v) is 8.13. The number of ether oxygens (including phenoxy) is 2. The highest BCUT2D eigenvalue weighted by molar-refractivity contribution is 7.93. The Labute approximate surface area is 171 Å². The number of nitrogens with zero attached hydrogens (tertiary/aromatic N) is 1. The van der Waals surface area contributed by atoms with Crippen LogP contribution in [0.3, 0.4) is 0 Å². The van der Waals surface area contributed by atoms with Gasteiger partial charge in [-0.2, -0.15) is 0 Å². The molecule has 1 heterocycles. The number of hydrogen-bond donors (Lipinski definition) is 1. The second-order valence-corrected chi connectivity index (χ2v) is 10.4. The topological polar surface area (TPSA) is 102 Å². The molecule has 0 unspecified atom stereocenters. The van der Waals surface area contributed by atoms with E-state index in [-0.39, 0.29) is 16.3 Å². The Balaban J connectivity index is 1.92. The molecule has 0 atom stereocenters. The highest BCUT2D eigenvalue weighted by Crippen LogP contribution is 2.32. The SMILES string of the molecule is COc1ccc(NS(=O)(=O)c2ccc(N3CCCCS3(=O)=O)cc2C)c(OC)c1. The molecule has 3 rings (SSSR count). The third-order valence-electron chi connectivity index (χ3n) is 4.74. The van der Waals surface area contributed by atoms with Crippen LogP contribution in [0.2, 0.25) is 0 Å². The van der Waals surface area contributed by atoms with Crippen LogP contribution in [0.25, 0.3) is 0 Å². The molecular weight excluding hydrogens is 416 g/mol. The van der Waals surface area contributed by atoms with Crippen molar-refractivity contribution >= 4 is 31.4 Å². The zero-order valence-electron chi connectivity index (χ0n) is 16.5. The Kier molecular flexibility index (Phi) is 5.95. The first-order valence-electron chi connectivity index (χ1n) is 9.04. The molecule has 1 aliphatic rings. The van der Waals surface area contributed by atoms with Crippen molar-refractivity contribution in [1.29, 1.82) is 0 Å². The smallest absolute Gasteiger partial charge is 0.262 e. The first-order valence-corrected chi connectivity index (χ1v) is 12.1. The van der Waals surface area contributed by atoms with Crippen LogP contribution in [0.15, 0.2) is 41.3 Å². The minimum absolute atomic E-state index is 0.0635. The number of benzene rings is 2. The van der Waals surface area contributed by atoms with Gasteiger partial charge in [0, 0.05) is 12.6 Å². The summed E-state index contributed by atoms with van der Waals surface area (Å²) in [6.07, 6.45) is 1.41. The number of anilines is 2. The molecule has 0 spiro atoms. The fourth-order valence-electron chi connectivity index (χ4n) is 3.25. The van der Waals surface area contributed by atoms with Crippen LogP contribution in [0.5, 0.6) is 11.5 Å². The quantitative estimate of drug-likeness (QED) is 0.741. The Morgan fingerprint density at radius 2 is 1.79 bits per heavy atom. The molecule has 0 aromatic heterocycles. The van der Waals surface area contributed by atoms with Gasteiger partial charge in [0.15, 0.2) is 0 Å². The van der Waals surface area contributed by atoms with Gasteiger partial charge in [-0.25, -0.2) is 16.8 Å². The summed E-state index contributed by atoms with van der Waals surface area (Å²) in [6.45, 7) is 2.04. The molecule has 8 nitrogen and oxygen atoms in total. The van der Waals surface area contributed by atoms with Crippen molar-refractivity contribution < 1.29 is 26.3 Å². The maximum atomic E-state index is 12.9. The summed E-state index contributed by atoms with van der Waals surface area (Å²) in [7, 11) is -4.33. The summed E-state index contributed by atoms with van der Waals surface area (Å²) in [6, 6.07) is 9.29. The van der Waals surface area contributed by atoms with Crippen LogP contribution in [-0.2, 0) is 20.0 Å². The Hall–Kier alpha value is -2.46. The minimum atomic E-state index is -3.91. The van der Waals surface area contributed by atoms with Crippen molar-refractivity contribution in [3.8, 4) is 11.5 Å². The number of aryl methyl sites for hydroxylation is 1. The second-order valence-electron chi connectivity index (χ2n) is 6.72. The zero-order valence-corrected chi connectivity index (χ0v) is 18.1. The van der Waals surface area contributed by atoms with Crippen molar-refractivity contribution in [3.63, 3.8) is 0 Å². The van der Waals surface area contributed by atoms with Gasteiger partial charge in [-0.15, -0.1) is 0 Å². The van der Waals surface area contributed by atoms with Crippen LogP contribution >= 0.6 is 0 Å². The van der Waals surface area contributed by atoms with Gasteiger partial charge in [0.25, 0.3) is 10.0 Å². The van der Waals surface area contributed by atoms with Crippen LogP contribution in [0.1, 0.15) is 18.4 Å². The van der Waals surface area contributed by atoms with Crippen molar-refractivity contribution in [2.24, 2.45) is 0 Å². The summed E-state index contributed by atoms with van der Waals surface area (Å²) in [4.78, 5) is 0.0635. The van der Waals surface area contributed by atoms with E-state index in [9.17, 15) is 16.8 Å². The first kappa shape index (κ1) is 21.3. The van der Waals surface area contributed by atoms with Crippen molar-refractivity contribution in [1.82, 2.24) is 0 Å². The molecule has 0 bridgehead atoms. The molecule has 1 fully saturated rings.